The van der Waals surface area contributed by atoms with Gasteiger partial charge < -0.3 is 10.5 Å². The number of anilines is 1. The summed E-state index contributed by atoms with van der Waals surface area (Å²) < 4.78 is 0. The highest BCUT2D eigenvalue weighted by molar-refractivity contribution is 6.42. The number of nitrogens with one attached hydrogen (secondary N) is 1. The van der Waals surface area contributed by atoms with Crippen LogP contribution in [-0.2, 0) is 0 Å². The normalized spacial score (nSPS) is 21.1. The largest absolute Gasteiger partial charge is 0.409 e. The zero-order valence-electron chi connectivity index (χ0n) is 14.0. The van der Waals surface area contributed by atoms with Crippen molar-refractivity contribution in [3.63, 3.8) is 0 Å². The summed E-state index contributed by atoms with van der Waals surface area (Å²) in [5, 5.41) is 16.9. The van der Waals surface area contributed by atoms with Gasteiger partial charge in [-0.2, -0.15) is 0 Å². The Morgan fingerprint density at radius 1 is 1.00 bits per heavy atom. The first-order valence-corrected chi connectivity index (χ1v) is 9.39. The van der Waals surface area contributed by atoms with Gasteiger partial charge in [-0.15, -0.1) is 0 Å². The molecule has 5 heteroatoms. The van der Waals surface area contributed by atoms with Crippen molar-refractivity contribution in [3.05, 3.63) is 64.1 Å². The summed E-state index contributed by atoms with van der Waals surface area (Å²) in [4.78, 5) is 0. The smallest absolute Gasteiger partial charge is 0.146 e. The van der Waals surface area contributed by atoms with Crippen LogP contribution in [0.1, 0.15) is 43.6 Å². The average Bonchev–Trinajstić information content (AvgIpc) is 2.65. The second kappa shape index (κ2) is 8.59. The third-order valence-electron chi connectivity index (χ3n) is 4.93. The van der Waals surface area contributed by atoms with E-state index in [4.69, 9.17) is 23.2 Å². The van der Waals surface area contributed by atoms with Crippen LogP contribution in [-0.4, -0.2) is 11.0 Å². The summed E-state index contributed by atoms with van der Waals surface area (Å²) in [5.41, 5.74) is 2.21. The molecule has 0 saturated heterocycles. The van der Waals surface area contributed by atoms with Gasteiger partial charge in [0.1, 0.15) is 5.84 Å². The lowest BCUT2D eigenvalue weighted by atomic mass is 9.77. The Balaban J connectivity index is 1.54. The van der Waals surface area contributed by atoms with E-state index in [0.717, 1.165) is 24.9 Å². The Labute approximate surface area is 158 Å². The third-order valence-corrected chi connectivity index (χ3v) is 5.67. The predicted molar refractivity (Wildman–Crippen MR) is 105 cm³/mol. The van der Waals surface area contributed by atoms with E-state index >= 15 is 0 Å². The molecule has 25 heavy (non-hydrogen) atoms. The summed E-state index contributed by atoms with van der Waals surface area (Å²) in [6.07, 6.45) is 5.38. The molecule has 1 fully saturated rings. The van der Waals surface area contributed by atoms with E-state index in [1.807, 2.05) is 6.07 Å². The maximum Gasteiger partial charge on any atom is 0.146 e. The molecule has 3 rings (SSSR count). The number of halogens is 2. The number of nitrogens with zero attached hydrogens (tertiary/aromatic N) is 1. The molecule has 132 valence electrons. The minimum Gasteiger partial charge on any atom is -0.409 e. The second-order valence-electron chi connectivity index (χ2n) is 6.63. The zero-order valence-corrected chi connectivity index (χ0v) is 15.5. The van der Waals surface area contributed by atoms with Crippen molar-refractivity contribution >= 4 is 34.7 Å². The van der Waals surface area contributed by atoms with Crippen molar-refractivity contribution in [2.45, 2.75) is 38.0 Å². The molecular formula is C20H22Cl2N2O. The molecule has 0 unspecified atom stereocenters. The lowest BCUT2D eigenvalue weighted by Crippen LogP contribution is -2.21. The monoisotopic (exact) mass is 376 g/mol. The number of hydrogen-bond donors (Lipinski definition) is 2. The first-order chi connectivity index (χ1) is 12.2. The van der Waals surface area contributed by atoms with E-state index in [1.165, 1.54) is 18.4 Å². The molecule has 0 radical (unpaired) electrons. The van der Waals surface area contributed by atoms with Crippen LogP contribution in [0.4, 0.5) is 5.69 Å². The molecule has 0 amide bonds. The fraction of sp³-hybridized carbons (Fsp3) is 0.350. The molecule has 0 aromatic heterocycles. The Kier molecular flexibility index (Phi) is 6.22. The molecule has 1 saturated carbocycles. The van der Waals surface area contributed by atoms with Crippen molar-refractivity contribution in [2.24, 2.45) is 11.1 Å². The minimum atomic E-state index is 0.479. The van der Waals surface area contributed by atoms with Crippen LogP contribution < -0.4 is 5.32 Å². The number of amidine groups is 1. The van der Waals surface area contributed by atoms with E-state index in [2.05, 4.69) is 40.8 Å². The van der Waals surface area contributed by atoms with Crippen LogP contribution >= 0.6 is 23.2 Å². The van der Waals surface area contributed by atoms with Gasteiger partial charge in [0.25, 0.3) is 0 Å². The predicted octanol–water partition coefficient (Wildman–Crippen LogP) is 6.56. The van der Waals surface area contributed by atoms with Crippen molar-refractivity contribution in [1.82, 2.24) is 0 Å². The van der Waals surface area contributed by atoms with Gasteiger partial charge in [0.2, 0.25) is 0 Å². The summed E-state index contributed by atoms with van der Waals surface area (Å²) in [5.74, 6) is 1.75. The summed E-state index contributed by atoms with van der Waals surface area (Å²) >= 11 is 12.0. The highest BCUT2D eigenvalue weighted by Crippen LogP contribution is 2.37. The Morgan fingerprint density at radius 2 is 1.72 bits per heavy atom. The van der Waals surface area contributed by atoms with Crippen LogP contribution in [0, 0.1) is 5.92 Å². The van der Waals surface area contributed by atoms with E-state index in [0.29, 0.717) is 27.7 Å². The van der Waals surface area contributed by atoms with Crippen LogP contribution in [0.3, 0.4) is 0 Å². The molecule has 0 spiro atoms. The maximum atomic E-state index is 9.34. The summed E-state index contributed by atoms with van der Waals surface area (Å²) in [6.45, 7) is 0. The van der Waals surface area contributed by atoms with Gasteiger partial charge in [0, 0.05) is 12.1 Å². The molecule has 3 nitrogen and oxygen atoms in total. The Morgan fingerprint density at radius 3 is 2.36 bits per heavy atom. The SMILES string of the molecule is O/N=C(\CC1CCC(c2ccccc2)CC1)Nc1ccc(Cl)c(Cl)c1. The number of oxime groups is 1. The van der Waals surface area contributed by atoms with Crippen molar-refractivity contribution < 1.29 is 5.21 Å². The van der Waals surface area contributed by atoms with E-state index < -0.39 is 0 Å². The van der Waals surface area contributed by atoms with Crippen LogP contribution in [0.2, 0.25) is 10.0 Å². The molecule has 2 aromatic carbocycles. The van der Waals surface area contributed by atoms with Gasteiger partial charge in [0.15, 0.2) is 0 Å². The molecule has 0 heterocycles. The molecule has 1 aliphatic rings. The van der Waals surface area contributed by atoms with Crippen molar-refractivity contribution in [2.75, 3.05) is 5.32 Å². The van der Waals surface area contributed by atoms with Gasteiger partial charge >= 0.3 is 0 Å². The van der Waals surface area contributed by atoms with Gasteiger partial charge in [-0.1, -0.05) is 58.7 Å². The van der Waals surface area contributed by atoms with Crippen molar-refractivity contribution in [1.29, 1.82) is 0 Å². The zero-order chi connectivity index (χ0) is 17.6. The fourth-order valence-corrected chi connectivity index (χ4v) is 3.85. The molecule has 0 atom stereocenters. The van der Waals surface area contributed by atoms with Crippen LogP contribution in [0.15, 0.2) is 53.7 Å². The van der Waals surface area contributed by atoms with Crippen molar-refractivity contribution in [3.8, 4) is 0 Å². The third kappa shape index (κ3) is 4.90. The maximum absolute atomic E-state index is 9.34. The minimum absolute atomic E-state index is 0.479. The first-order valence-electron chi connectivity index (χ1n) is 8.63. The molecule has 2 N–H and O–H groups in total. The number of benzene rings is 2. The second-order valence-corrected chi connectivity index (χ2v) is 7.45. The fourth-order valence-electron chi connectivity index (χ4n) is 3.56. The molecule has 0 bridgehead atoms. The Hall–Kier alpha value is -1.71. The topological polar surface area (TPSA) is 44.6 Å². The molecule has 2 aromatic rings. The highest BCUT2D eigenvalue weighted by atomic mass is 35.5. The lowest BCUT2D eigenvalue weighted by Gasteiger charge is -2.29. The van der Waals surface area contributed by atoms with E-state index in [9.17, 15) is 5.21 Å². The van der Waals surface area contributed by atoms with E-state index in [-0.39, 0.29) is 0 Å². The van der Waals surface area contributed by atoms with Gasteiger partial charge in [-0.25, -0.2) is 0 Å². The Bertz CT molecular complexity index is 726. The standard InChI is InChI=1S/C20H22Cl2N2O/c21-18-11-10-17(13-19(18)22)23-20(24-25)12-14-6-8-16(9-7-14)15-4-2-1-3-5-15/h1-5,10-11,13-14,16,25H,6-9,12H2,(H,23,24). The molecule has 0 aliphatic heterocycles. The van der Waals surface area contributed by atoms with E-state index in [1.54, 1.807) is 12.1 Å². The quantitative estimate of drug-likeness (QED) is 0.274. The van der Waals surface area contributed by atoms with Gasteiger partial charge in [0.05, 0.1) is 10.0 Å². The number of hydrogen-bond acceptors (Lipinski definition) is 2. The first kappa shape index (κ1) is 18.1. The average molecular weight is 377 g/mol. The van der Waals surface area contributed by atoms with Crippen LogP contribution in [0.5, 0.6) is 0 Å². The summed E-state index contributed by atoms with van der Waals surface area (Å²) in [6, 6.07) is 16.0. The lowest BCUT2D eigenvalue weighted by molar-refractivity contribution is 0.306. The van der Waals surface area contributed by atoms with Crippen LogP contribution in [0.25, 0.3) is 0 Å². The summed E-state index contributed by atoms with van der Waals surface area (Å²) in [7, 11) is 0. The van der Waals surface area contributed by atoms with Gasteiger partial charge in [-0.3, -0.25) is 0 Å². The molecular weight excluding hydrogens is 355 g/mol. The molecule has 1 aliphatic carbocycles. The number of rotatable bonds is 4. The van der Waals surface area contributed by atoms with Gasteiger partial charge in [-0.05, 0) is 61.3 Å². The highest BCUT2D eigenvalue weighted by Gasteiger charge is 2.23.